The number of nitriles is 1. The minimum atomic E-state index is -4.20. The molecule has 0 amide bonds. The number of aliphatic hydroxyl groups excluding tert-OH is 1. The van der Waals surface area contributed by atoms with Crippen LogP contribution in [0.25, 0.3) is 0 Å². The van der Waals surface area contributed by atoms with Crippen LogP contribution in [-0.4, -0.2) is 25.1 Å². The van der Waals surface area contributed by atoms with Gasteiger partial charge < -0.3 is 19.8 Å². The molecule has 1 saturated carbocycles. The predicted octanol–water partition coefficient (Wildman–Crippen LogP) is 9.58. The third-order valence-corrected chi connectivity index (χ3v) is 12.3. The van der Waals surface area contributed by atoms with E-state index in [-0.39, 0.29) is 33.6 Å². The Kier molecular flexibility index (Phi) is 10.9. The van der Waals surface area contributed by atoms with Gasteiger partial charge in [0.1, 0.15) is 26.9 Å². The molecule has 1 atom stereocenters. The highest BCUT2D eigenvalue weighted by Crippen LogP contribution is 2.49. The van der Waals surface area contributed by atoms with Gasteiger partial charge in [-0.3, -0.25) is 0 Å². The van der Waals surface area contributed by atoms with Crippen LogP contribution in [0.2, 0.25) is 10.0 Å². The number of halogens is 2. The highest BCUT2D eigenvalue weighted by atomic mass is 35.5. The first-order valence-corrected chi connectivity index (χ1v) is 19.2. The summed E-state index contributed by atoms with van der Waals surface area (Å²) in [5.74, 6) is -0.391. The molecule has 3 aromatic rings. The zero-order valence-electron chi connectivity index (χ0n) is 27.9. The molecule has 1 aliphatic heterocycles. The summed E-state index contributed by atoms with van der Waals surface area (Å²) < 4.78 is 38.3. The Morgan fingerprint density at radius 3 is 2.29 bits per heavy atom. The summed E-state index contributed by atoms with van der Waals surface area (Å²) in [6.45, 7) is 7.63. The van der Waals surface area contributed by atoms with Crippen molar-refractivity contribution in [3.8, 4) is 11.8 Å². The second-order valence-corrected chi connectivity index (χ2v) is 17.3. The fraction of sp³-hybridized carbons (Fsp3) is 0.405. The van der Waals surface area contributed by atoms with Crippen LogP contribution in [0.3, 0.4) is 0 Å². The quantitative estimate of drug-likeness (QED) is 0.125. The molecule has 0 saturated heterocycles. The average Bonchev–Trinajstić information content (AvgIpc) is 3.05. The van der Waals surface area contributed by atoms with E-state index in [0.29, 0.717) is 44.6 Å². The van der Waals surface area contributed by atoms with Crippen LogP contribution < -0.4 is 9.92 Å². The van der Waals surface area contributed by atoms with Crippen LogP contribution in [-0.2, 0) is 31.5 Å². The molecule has 1 aliphatic carbocycles. The molecule has 3 aromatic carbocycles. The average molecular weight is 744 g/mol. The van der Waals surface area contributed by atoms with E-state index >= 15 is 0 Å². The van der Waals surface area contributed by atoms with Crippen LogP contribution >= 0.6 is 35.0 Å². The number of thioether (sulfide) groups is 1. The predicted molar refractivity (Wildman–Crippen MR) is 194 cm³/mol. The summed E-state index contributed by atoms with van der Waals surface area (Å²) in [4.78, 5) is 14.6. The first-order chi connectivity index (χ1) is 23.0. The fourth-order valence-corrected chi connectivity index (χ4v) is 9.34. The monoisotopic (exact) mass is 742 g/mol. The van der Waals surface area contributed by atoms with E-state index in [2.05, 4.69) is 0 Å². The number of aryl methyl sites for hydroxylation is 2. The number of esters is 1. The van der Waals surface area contributed by atoms with Gasteiger partial charge in [-0.2, -0.15) is 13.7 Å². The number of hydrogen-bond donors (Lipinski definition) is 2. The minimum absolute atomic E-state index is 0.0265. The van der Waals surface area contributed by atoms with Crippen LogP contribution in [0, 0.1) is 24.2 Å². The van der Waals surface area contributed by atoms with Crippen molar-refractivity contribution < 1.29 is 27.2 Å². The Balaban J connectivity index is 1.45. The van der Waals surface area contributed by atoms with E-state index in [1.54, 1.807) is 31.2 Å². The van der Waals surface area contributed by atoms with E-state index < -0.39 is 27.1 Å². The van der Waals surface area contributed by atoms with Crippen molar-refractivity contribution >= 4 is 56.7 Å². The van der Waals surface area contributed by atoms with Gasteiger partial charge in [-0.25, -0.2) is 4.79 Å². The van der Waals surface area contributed by atoms with Crippen LogP contribution in [0.1, 0.15) is 88.0 Å². The fourth-order valence-electron chi connectivity index (χ4n) is 6.58. The van der Waals surface area contributed by atoms with Crippen molar-refractivity contribution in [1.82, 2.24) is 0 Å². The first kappa shape index (κ1) is 36.9. The van der Waals surface area contributed by atoms with Gasteiger partial charge in [-0.1, -0.05) is 75.0 Å². The Morgan fingerprint density at radius 1 is 1.08 bits per heavy atom. The van der Waals surface area contributed by atoms with Crippen molar-refractivity contribution in [2.45, 2.75) is 99.9 Å². The minimum Gasteiger partial charge on any atom is -0.511 e. The largest absolute Gasteiger partial charge is 0.511 e. The first-order valence-electron chi connectivity index (χ1n) is 16.2. The lowest BCUT2D eigenvalue weighted by molar-refractivity contribution is -0.168. The molecule has 0 bridgehead atoms. The number of benzene rings is 3. The summed E-state index contributed by atoms with van der Waals surface area (Å²) in [5, 5.41) is 21.4. The number of nitrogens with two attached hydrogens (primary N) is 1. The smallest absolute Gasteiger partial charge is 0.349 e. The number of ether oxygens (including phenoxy) is 1. The molecular formula is C37H40Cl2N2O6S2. The SMILES string of the molecule is Cc1cc(SC2=C(O)CC(CCc3cc(Cl)c(N)c(Cl)c3)(C3CCCCC3)OC2=O)c(C(C)(C)C)cc1OS(=O)(=O)c1ccc(C#N)cc1. The maximum absolute atomic E-state index is 13.9. The van der Waals surface area contributed by atoms with E-state index in [4.69, 9.17) is 43.1 Å². The van der Waals surface area contributed by atoms with Gasteiger partial charge >= 0.3 is 16.1 Å². The zero-order valence-corrected chi connectivity index (χ0v) is 31.1. The van der Waals surface area contributed by atoms with E-state index in [9.17, 15) is 18.3 Å². The molecule has 12 heteroatoms. The lowest BCUT2D eigenvalue weighted by atomic mass is 9.71. The van der Waals surface area contributed by atoms with Crippen molar-refractivity contribution in [2.75, 3.05) is 5.73 Å². The second kappa shape index (κ2) is 14.5. The number of aliphatic hydroxyl groups is 1. The summed E-state index contributed by atoms with van der Waals surface area (Å²) in [6.07, 6.45) is 6.15. The number of carbonyl (C=O) groups is 1. The van der Waals surface area contributed by atoms with Crippen LogP contribution in [0.4, 0.5) is 5.69 Å². The van der Waals surface area contributed by atoms with E-state index in [1.807, 2.05) is 26.8 Å². The van der Waals surface area contributed by atoms with Gasteiger partial charge in [0.2, 0.25) is 0 Å². The topological polar surface area (TPSA) is 140 Å². The second-order valence-electron chi connectivity index (χ2n) is 13.9. The van der Waals surface area contributed by atoms with Gasteiger partial charge in [0.15, 0.2) is 0 Å². The lowest BCUT2D eigenvalue weighted by Crippen LogP contribution is -2.47. The standard InChI is InChI=1S/C37H40Cl2N2O6S2/c1-22-16-32(27(36(2,3)4)19-31(22)47-49(44,45)26-12-10-23(21-40)11-13-26)48-34-30(42)20-37(46-35(34)43,25-8-6-5-7-9-25)15-14-24-17-28(38)33(41)29(39)18-24/h10-13,16-19,25,42H,5-9,14-15,20,41H2,1-4H3. The summed E-state index contributed by atoms with van der Waals surface area (Å²) in [7, 11) is -4.20. The zero-order chi connectivity index (χ0) is 35.7. The third kappa shape index (κ3) is 8.18. The summed E-state index contributed by atoms with van der Waals surface area (Å²) >= 11 is 13.7. The molecule has 0 spiro atoms. The number of cyclic esters (lactones) is 1. The van der Waals surface area contributed by atoms with Gasteiger partial charge in [0.25, 0.3) is 0 Å². The number of hydrogen-bond acceptors (Lipinski definition) is 9. The maximum atomic E-state index is 13.9. The number of carbonyl (C=O) groups excluding carboxylic acids is 1. The van der Waals surface area contributed by atoms with Gasteiger partial charge in [0, 0.05) is 11.3 Å². The van der Waals surface area contributed by atoms with E-state index in [0.717, 1.165) is 55.0 Å². The molecule has 8 nitrogen and oxygen atoms in total. The molecule has 260 valence electrons. The number of rotatable bonds is 9. The highest BCUT2D eigenvalue weighted by molar-refractivity contribution is 8.04. The number of nitrogen functional groups attached to an aromatic ring is 1. The molecule has 49 heavy (non-hydrogen) atoms. The molecule has 0 radical (unpaired) electrons. The summed E-state index contributed by atoms with van der Waals surface area (Å²) in [5.41, 5.74) is 7.32. The number of anilines is 1. The molecule has 1 unspecified atom stereocenters. The Bertz CT molecular complexity index is 1920. The number of nitrogens with zero attached hydrogens (tertiary/aromatic N) is 1. The summed E-state index contributed by atoms with van der Waals surface area (Å²) in [6, 6.07) is 14.4. The molecular weight excluding hydrogens is 703 g/mol. The lowest BCUT2D eigenvalue weighted by Gasteiger charge is -2.44. The van der Waals surface area contributed by atoms with Gasteiger partial charge in [0.05, 0.1) is 27.4 Å². The van der Waals surface area contributed by atoms with Gasteiger partial charge in [-0.05, 0) is 109 Å². The molecule has 0 aromatic heterocycles. The van der Waals surface area contributed by atoms with E-state index in [1.165, 1.54) is 24.3 Å². The molecule has 1 fully saturated rings. The van der Waals surface area contributed by atoms with Crippen molar-refractivity contribution in [3.63, 3.8) is 0 Å². The molecule has 1 heterocycles. The van der Waals surface area contributed by atoms with Crippen molar-refractivity contribution in [1.29, 1.82) is 5.26 Å². The Labute approximate surface area is 302 Å². The molecule has 3 N–H and O–H groups in total. The maximum Gasteiger partial charge on any atom is 0.349 e. The normalized spacial score (nSPS) is 19.0. The van der Waals surface area contributed by atoms with Crippen molar-refractivity contribution in [2.24, 2.45) is 5.92 Å². The molecule has 5 rings (SSSR count). The Morgan fingerprint density at radius 2 is 1.71 bits per heavy atom. The third-order valence-electron chi connectivity index (χ3n) is 9.30. The van der Waals surface area contributed by atoms with Crippen molar-refractivity contribution in [3.05, 3.63) is 91.5 Å². The molecule has 2 aliphatic rings. The van der Waals surface area contributed by atoms with Crippen LogP contribution in [0.15, 0.2) is 69.0 Å². The van der Waals surface area contributed by atoms with Crippen LogP contribution in [0.5, 0.6) is 5.75 Å². The Hall–Kier alpha value is -3.36. The van der Waals surface area contributed by atoms with Gasteiger partial charge in [-0.15, -0.1) is 0 Å². The highest BCUT2D eigenvalue weighted by Gasteiger charge is 2.48.